The lowest BCUT2D eigenvalue weighted by molar-refractivity contribution is -0.142. The third kappa shape index (κ3) is 4.03. The molecule has 0 unspecified atom stereocenters. The second-order valence-electron chi connectivity index (χ2n) is 5.17. The second kappa shape index (κ2) is 7.18. The first-order chi connectivity index (χ1) is 9.60. The van der Waals surface area contributed by atoms with Crippen molar-refractivity contribution in [2.75, 3.05) is 13.7 Å². The number of rotatable bonds is 5. The summed E-state index contributed by atoms with van der Waals surface area (Å²) in [7, 11) is 1.41. The molecular formula is C15H19BrFNO2. The molecule has 1 saturated carbocycles. The van der Waals surface area contributed by atoms with E-state index >= 15 is 0 Å². The van der Waals surface area contributed by atoms with E-state index in [0.717, 1.165) is 18.4 Å². The number of hydrogen-bond acceptors (Lipinski definition) is 3. The molecule has 1 fully saturated rings. The smallest absolute Gasteiger partial charge is 0.319 e. The molecular weight excluding hydrogens is 325 g/mol. The largest absolute Gasteiger partial charge is 0.468 e. The number of benzene rings is 1. The third-order valence-electron chi connectivity index (χ3n) is 3.77. The van der Waals surface area contributed by atoms with E-state index < -0.39 is 0 Å². The molecule has 0 radical (unpaired) electrons. The number of methoxy groups -OCH3 is 1. The summed E-state index contributed by atoms with van der Waals surface area (Å²) < 4.78 is 18.5. The van der Waals surface area contributed by atoms with Crippen molar-refractivity contribution in [1.82, 2.24) is 4.90 Å². The van der Waals surface area contributed by atoms with Crippen molar-refractivity contribution in [2.45, 2.75) is 38.3 Å². The van der Waals surface area contributed by atoms with Crippen molar-refractivity contribution in [3.8, 4) is 0 Å². The van der Waals surface area contributed by atoms with E-state index in [0.29, 0.717) is 17.1 Å². The van der Waals surface area contributed by atoms with Crippen LogP contribution in [0.25, 0.3) is 0 Å². The van der Waals surface area contributed by atoms with Crippen LogP contribution >= 0.6 is 15.9 Å². The Morgan fingerprint density at radius 2 is 2.15 bits per heavy atom. The highest BCUT2D eigenvalue weighted by Gasteiger charge is 2.24. The lowest BCUT2D eigenvalue weighted by Crippen LogP contribution is -2.37. The molecule has 0 bridgehead atoms. The normalized spacial score (nSPS) is 15.8. The number of ether oxygens (including phenoxy) is 1. The van der Waals surface area contributed by atoms with Crippen molar-refractivity contribution in [3.63, 3.8) is 0 Å². The van der Waals surface area contributed by atoms with Gasteiger partial charge in [0.05, 0.1) is 18.1 Å². The van der Waals surface area contributed by atoms with E-state index in [1.54, 1.807) is 12.1 Å². The minimum Gasteiger partial charge on any atom is -0.468 e. The van der Waals surface area contributed by atoms with Crippen molar-refractivity contribution < 1.29 is 13.9 Å². The highest BCUT2D eigenvalue weighted by atomic mass is 79.9. The van der Waals surface area contributed by atoms with Crippen molar-refractivity contribution in [3.05, 3.63) is 34.1 Å². The quantitative estimate of drug-likeness (QED) is 0.766. The monoisotopic (exact) mass is 343 g/mol. The van der Waals surface area contributed by atoms with E-state index in [2.05, 4.69) is 20.8 Å². The van der Waals surface area contributed by atoms with E-state index in [9.17, 15) is 9.18 Å². The van der Waals surface area contributed by atoms with Crippen LogP contribution in [-0.2, 0) is 16.1 Å². The van der Waals surface area contributed by atoms with Crippen LogP contribution in [0.15, 0.2) is 22.7 Å². The van der Waals surface area contributed by atoms with E-state index in [1.165, 1.54) is 26.0 Å². The molecule has 0 N–H and O–H groups in total. The Kier molecular flexibility index (Phi) is 5.54. The minimum atomic E-state index is -0.269. The predicted octanol–water partition coefficient (Wildman–Crippen LogP) is 3.51. The third-order valence-corrected chi connectivity index (χ3v) is 4.38. The van der Waals surface area contributed by atoms with Crippen LogP contribution in [-0.4, -0.2) is 30.6 Å². The molecule has 0 aliphatic heterocycles. The Labute approximate surface area is 127 Å². The fraction of sp³-hybridized carbons (Fsp3) is 0.533. The van der Waals surface area contributed by atoms with Gasteiger partial charge >= 0.3 is 5.97 Å². The van der Waals surface area contributed by atoms with Crippen LogP contribution in [0.5, 0.6) is 0 Å². The van der Waals surface area contributed by atoms with Gasteiger partial charge in [0.25, 0.3) is 0 Å². The zero-order chi connectivity index (χ0) is 14.5. The molecule has 110 valence electrons. The maximum absolute atomic E-state index is 13.3. The first-order valence-electron chi connectivity index (χ1n) is 6.85. The topological polar surface area (TPSA) is 29.5 Å². The van der Waals surface area contributed by atoms with Gasteiger partial charge in [-0.1, -0.05) is 18.9 Å². The zero-order valence-electron chi connectivity index (χ0n) is 11.6. The number of carbonyl (C=O) groups is 1. The van der Waals surface area contributed by atoms with E-state index in [4.69, 9.17) is 4.74 Å². The average Bonchev–Trinajstić information content (AvgIpc) is 2.96. The van der Waals surface area contributed by atoms with Gasteiger partial charge in [-0.2, -0.15) is 0 Å². The molecule has 0 aromatic heterocycles. The minimum absolute atomic E-state index is 0.224. The summed E-state index contributed by atoms with van der Waals surface area (Å²) >= 11 is 3.20. The maximum atomic E-state index is 13.3. The molecule has 20 heavy (non-hydrogen) atoms. The molecule has 0 atom stereocenters. The molecule has 0 saturated heterocycles. The van der Waals surface area contributed by atoms with Gasteiger partial charge in [-0.15, -0.1) is 0 Å². The molecule has 0 amide bonds. The predicted molar refractivity (Wildman–Crippen MR) is 78.8 cm³/mol. The van der Waals surface area contributed by atoms with Gasteiger partial charge < -0.3 is 4.74 Å². The molecule has 2 rings (SSSR count). The highest BCUT2D eigenvalue weighted by Crippen LogP contribution is 2.26. The number of hydrogen-bond donors (Lipinski definition) is 0. The first kappa shape index (κ1) is 15.4. The number of carbonyl (C=O) groups excluding carboxylic acids is 1. The fourth-order valence-electron chi connectivity index (χ4n) is 2.69. The summed E-state index contributed by atoms with van der Waals surface area (Å²) in [6.07, 6.45) is 4.63. The maximum Gasteiger partial charge on any atom is 0.319 e. The second-order valence-corrected chi connectivity index (χ2v) is 6.02. The number of nitrogens with zero attached hydrogens (tertiary/aromatic N) is 1. The van der Waals surface area contributed by atoms with Crippen LogP contribution in [0.1, 0.15) is 31.2 Å². The van der Waals surface area contributed by atoms with Gasteiger partial charge in [-0.05, 0) is 46.5 Å². The number of halogens is 2. The standard InChI is InChI=1S/C15H19BrFNO2/c1-20-15(19)10-18(12-4-2-3-5-12)9-11-6-7-14(17)13(16)8-11/h6-8,12H,2-5,9-10H2,1H3. The van der Waals surface area contributed by atoms with E-state index in [-0.39, 0.29) is 18.3 Å². The van der Waals surface area contributed by atoms with Crippen LogP contribution in [0, 0.1) is 5.82 Å². The summed E-state index contributed by atoms with van der Waals surface area (Å²) in [5.41, 5.74) is 0.995. The highest BCUT2D eigenvalue weighted by molar-refractivity contribution is 9.10. The van der Waals surface area contributed by atoms with Crippen molar-refractivity contribution in [2.24, 2.45) is 0 Å². The Morgan fingerprint density at radius 1 is 1.45 bits per heavy atom. The lowest BCUT2D eigenvalue weighted by Gasteiger charge is -2.27. The van der Waals surface area contributed by atoms with Gasteiger partial charge in [0.15, 0.2) is 0 Å². The Morgan fingerprint density at radius 3 is 2.75 bits per heavy atom. The number of esters is 1. The SMILES string of the molecule is COC(=O)CN(Cc1ccc(F)c(Br)c1)C1CCCC1. The molecule has 0 spiro atoms. The molecule has 3 nitrogen and oxygen atoms in total. The molecule has 0 heterocycles. The molecule has 1 aliphatic rings. The van der Waals surface area contributed by atoms with Gasteiger partial charge in [0, 0.05) is 12.6 Å². The summed E-state index contributed by atoms with van der Waals surface area (Å²) in [6, 6.07) is 5.40. The van der Waals surface area contributed by atoms with Gasteiger partial charge in [-0.25, -0.2) is 4.39 Å². The summed E-state index contributed by atoms with van der Waals surface area (Å²) in [4.78, 5) is 13.7. The van der Waals surface area contributed by atoms with Gasteiger partial charge in [-0.3, -0.25) is 9.69 Å². The summed E-state index contributed by atoms with van der Waals surface area (Å²) in [6.45, 7) is 0.925. The van der Waals surface area contributed by atoms with E-state index in [1.807, 2.05) is 0 Å². The van der Waals surface area contributed by atoms with Crippen molar-refractivity contribution >= 4 is 21.9 Å². The average molecular weight is 344 g/mol. The van der Waals surface area contributed by atoms with Crippen LogP contribution < -0.4 is 0 Å². The molecule has 1 aromatic carbocycles. The summed E-state index contributed by atoms with van der Waals surface area (Å²) in [5, 5.41) is 0. The first-order valence-corrected chi connectivity index (χ1v) is 7.64. The van der Waals surface area contributed by atoms with Gasteiger partial charge in [0.2, 0.25) is 0 Å². The molecule has 5 heteroatoms. The zero-order valence-corrected chi connectivity index (χ0v) is 13.2. The Bertz CT molecular complexity index is 475. The van der Waals surface area contributed by atoms with Crippen molar-refractivity contribution in [1.29, 1.82) is 0 Å². The van der Waals surface area contributed by atoms with Crippen LogP contribution in [0.4, 0.5) is 4.39 Å². The van der Waals surface area contributed by atoms with Crippen LogP contribution in [0.2, 0.25) is 0 Å². The molecule has 1 aromatic rings. The fourth-order valence-corrected chi connectivity index (χ4v) is 3.11. The Balaban J connectivity index is 2.09. The lowest BCUT2D eigenvalue weighted by atomic mass is 10.1. The molecule has 1 aliphatic carbocycles. The van der Waals surface area contributed by atoms with Crippen LogP contribution in [0.3, 0.4) is 0 Å². The Hall–Kier alpha value is -0.940. The summed E-state index contributed by atoms with van der Waals surface area (Å²) in [5.74, 6) is -0.493. The van der Waals surface area contributed by atoms with Gasteiger partial charge in [0.1, 0.15) is 5.82 Å².